The molecule has 1 saturated heterocycles. The number of ether oxygens (including phenoxy) is 1. The van der Waals surface area contributed by atoms with Crippen molar-refractivity contribution in [2.45, 2.75) is 6.30 Å². The maximum Gasteiger partial charge on any atom is 0.288 e. The van der Waals surface area contributed by atoms with Gasteiger partial charge in [-0.2, -0.15) is 4.39 Å². The van der Waals surface area contributed by atoms with E-state index in [1.165, 1.54) is 0 Å². The molecule has 0 aromatic rings. The summed E-state index contributed by atoms with van der Waals surface area (Å²) in [5.74, 6) is 0. The fourth-order valence-corrected chi connectivity index (χ4v) is 0.604. The van der Waals surface area contributed by atoms with E-state index in [0.717, 1.165) is 0 Å². The van der Waals surface area contributed by atoms with Crippen LogP contribution in [-0.4, -0.2) is 26.1 Å². The van der Waals surface area contributed by atoms with Crippen LogP contribution in [0.25, 0.3) is 0 Å². The normalized spacial score (nSPS) is 39.8. The van der Waals surface area contributed by atoms with Crippen molar-refractivity contribution in [1.29, 1.82) is 0 Å². The summed E-state index contributed by atoms with van der Waals surface area (Å²) in [6, 6.07) is 0. The Balaban J connectivity index is 2.28. The third-order valence-corrected chi connectivity index (χ3v) is 1.09. The van der Waals surface area contributed by atoms with E-state index in [0.29, 0.717) is 6.61 Å². The Kier molecular flexibility index (Phi) is 1.75. The Morgan fingerprint density at radius 2 is 2.38 bits per heavy atom. The molecule has 2 nitrogen and oxygen atoms in total. The van der Waals surface area contributed by atoms with Gasteiger partial charge in [0.25, 0.3) is 6.30 Å². The van der Waals surface area contributed by atoms with Gasteiger partial charge in [0.2, 0.25) is 0 Å². The quantitative estimate of drug-likeness (QED) is 0.326. The lowest BCUT2D eigenvalue weighted by atomic mass is 10.5. The van der Waals surface area contributed by atoms with Gasteiger partial charge in [-0.15, -0.1) is 5.12 Å². The molecule has 2 unspecified atom stereocenters. The fourth-order valence-electron chi connectivity index (χ4n) is 0.604. The summed E-state index contributed by atoms with van der Waals surface area (Å²) in [4.78, 5) is 0. The minimum atomic E-state index is -1.47. The van der Waals surface area contributed by atoms with E-state index in [2.05, 4.69) is 4.74 Å². The zero-order chi connectivity index (χ0) is 5.98. The van der Waals surface area contributed by atoms with Crippen molar-refractivity contribution in [3.63, 3.8) is 0 Å². The second kappa shape index (κ2) is 2.37. The third-order valence-electron chi connectivity index (χ3n) is 1.09. The van der Waals surface area contributed by atoms with Crippen molar-refractivity contribution in [3.05, 3.63) is 0 Å². The van der Waals surface area contributed by atoms with Crippen LogP contribution in [0, 0.1) is 0 Å². The number of morpholine rings is 1. The number of halogens is 2. The first-order chi connectivity index (χ1) is 3.80. The molecule has 0 aliphatic carbocycles. The first-order valence-corrected chi connectivity index (χ1v) is 2.54. The van der Waals surface area contributed by atoms with Gasteiger partial charge in [0, 0.05) is 0 Å². The molecule has 0 bridgehead atoms. The van der Waals surface area contributed by atoms with E-state index < -0.39 is 11.4 Å². The van der Waals surface area contributed by atoms with Crippen LogP contribution in [0.1, 0.15) is 0 Å². The van der Waals surface area contributed by atoms with E-state index in [1.54, 1.807) is 0 Å². The Morgan fingerprint density at radius 3 is 2.75 bits per heavy atom. The Hall–Kier alpha value is -0.220. The number of rotatable bonds is 0. The van der Waals surface area contributed by atoms with Gasteiger partial charge in [0.15, 0.2) is 0 Å². The van der Waals surface area contributed by atoms with E-state index in [-0.39, 0.29) is 13.2 Å². The predicted octanol–water partition coefficient (Wildman–Crippen LogP) is -0.918. The minimum Gasteiger partial charge on any atom is -0.366 e. The summed E-state index contributed by atoms with van der Waals surface area (Å²) in [5, 5.41) is -0.573. The van der Waals surface area contributed by atoms with Crippen LogP contribution in [0.2, 0.25) is 0 Å². The van der Waals surface area contributed by atoms with E-state index in [4.69, 9.17) is 0 Å². The van der Waals surface area contributed by atoms with Crippen molar-refractivity contribution in [3.8, 4) is 0 Å². The van der Waals surface area contributed by atoms with E-state index >= 15 is 0 Å². The minimum absolute atomic E-state index is 0.105. The molecule has 8 heavy (non-hydrogen) atoms. The summed E-state index contributed by atoms with van der Waals surface area (Å²) in [5.41, 5.74) is 0. The predicted molar refractivity (Wildman–Crippen MR) is 22.7 cm³/mol. The van der Waals surface area contributed by atoms with Gasteiger partial charge < -0.3 is 4.74 Å². The molecule has 4 heteroatoms. The highest BCUT2D eigenvalue weighted by Crippen LogP contribution is 1.86. The fraction of sp³-hybridized carbons (Fsp3) is 1.00. The molecule has 0 radical (unpaired) electrons. The van der Waals surface area contributed by atoms with Crippen molar-refractivity contribution in [1.82, 2.24) is 0 Å². The molecule has 0 saturated carbocycles. The molecule has 1 fully saturated rings. The largest absolute Gasteiger partial charge is 0.366 e. The Bertz CT molecular complexity index is 70.4. The molecule has 48 valence electrons. The highest BCUT2D eigenvalue weighted by molar-refractivity contribution is 4.39. The van der Waals surface area contributed by atoms with Crippen molar-refractivity contribution in [2.24, 2.45) is 0 Å². The average Bonchev–Trinajstić information content (AvgIpc) is 1.77. The van der Waals surface area contributed by atoms with Crippen LogP contribution in [0.4, 0.5) is 8.87 Å². The van der Waals surface area contributed by atoms with Crippen molar-refractivity contribution >= 4 is 0 Å². The first-order valence-electron chi connectivity index (χ1n) is 2.54. The Labute approximate surface area is 46.0 Å². The Morgan fingerprint density at radius 1 is 1.62 bits per heavy atom. The molecule has 0 aromatic heterocycles. The van der Waals surface area contributed by atoms with Gasteiger partial charge in [-0.25, -0.2) is 0 Å². The molecule has 0 spiro atoms. The smallest absolute Gasteiger partial charge is 0.288 e. The summed E-state index contributed by atoms with van der Waals surface area (Å²) in [6.07, 6.45) is -1.47. The van der Waals surface area contributed by atoms with Crippen LogP contribution in [0.5, 0.6) is 0 Å². The van der Waals surface area contributed by atoms with Crippen LogP contribution >= 0.6 is 0 Å². The average molecular weight is 124 g/mol. The maximum absolute atomic E-state index is 12.0. The topological polar surface area (TPSA) is 13.7 Å². The molecule has 1 aliphatic heterocycles. The molecule has 1 N–H and O–H groups in total. The lowest BCUT2D eigenvalue weighted by Crippen LogP contribution is -3.10. The summed E-state index contributed by atoms with van der Waals surface area (Å²) < 4.78 is 28.7. The maximum atomic E-state index is 12.0. The lowest BCUT2D eigenvalue weighted by molar-refractivity contribution is -1.08. The molecule has 0 amide bonds. The molecule has 1 rings (SSSR count). The van der Waals surface area contributed by atoms with Gasteiger partial charge in [-0.05, 0) is 4.48 Å². The summed E-state index contributed by atoms with van der Waals surface area (Å²) >= 11 is 0. The molecule has 2 atom stereocenters. The number of hydrogen-bond acceptors (Lipinski definition) is 1. The SMILES string of the molecule is FC1COCC[NH+]1F. The van der Waals surface area contributed by atoms with Gasteiger partial charge in [-0.3, -0.25) is 0 Å². The van der Waals surface area contributed by atoms with Gasteiger partial charge in [0.05, 0.1) is 6.61 Å². The van der Waals surface area contributed by atoms with Gasteiger partial charge in [0.1, 0.15) is 13.2 Å². The van der Waals surface area contributed by atoms with Crippen LogP contribution in [0.15, 0.2) is 0 Å². The molecular formula is C4H8F2NO+. The van der Waals surface area contributed by atoms with Crippen molar-refractivity contribution < 1.29 is 18.7 Å². The zero-order valence-electron chi connectivity index (χ0n) is 4.36. The van der Waals surface area contributed by atoms with Crippen LogP contribution in [-0.2, 0) is 4.74 Å². The molecule has 1 heterocycles. The summed E-state index contributed by atoms with van der Waals surface area (Å²) in [6.45, 7) is 0.346. The number of quaternary nitrogens is 1. The lowest BCUT2D eigenvalue weighted by Gasteiger charge is -2.16. The van der Waals surface area contributed by atoms with Gasteiger partial charge >= 0.3 is 0 Å². The summed E-state index contributed by atoms with van der Waals surface area (Å²) in [7, 11) is 0. The van der Waals surface area contributed by atoms with Crippen LogP contribution in [0.3, 0.4) is 0 Å². The molecule has 1 aliphatic rings. The number of nitrogens with one attached hydrogen (secondary N) is 1. The van der Waals surface area contributed by atoms with Gasteiger partial charge in [-0.1, -0.05) is 0 Å². The monoisotopic (exact) mass is 124 g/mol. The zero-order valence-corrected chi connectivity index (χ0v) is 4.36. The van der Waals surface area contributed by atoms with Crippen molar-refractivity contribution in [2.75, 3.05) is 19.8 Å². The second-order valence-corrected chi connectivity index (χ2v) is 1.74. The number of alkyl halides is 1. The molecule has 0 aromatic carbocycles. The molecular weight excluding hydrogens is 116 g/mol. The van der Waals surface area contributed by atoms with E-state index in [1.807, 2.05) is 0 Å². The number of hydrogen-bond donors (Lipinski definition) is 1. The van der Waals surface area contributed by atoms with E-state index in [9.17, 15) is 8.87 Å². The van der Waals surface area contributed by atoms with Crippen LogP contribution < -0.4 is 5.12 Å². The second-order valence-electron chi connectivity index (χ2n) is 1.74. The highest BCUT2D eigenvalue weighted by atomic mass is 19.2. The standard InChI is InChI=1S/C4H7F2NO/c5-4-3-8-2-1-7(4)6/h4H,1-3H2/p+1. The first kappa shape index (κ1) is 5.91. The highest BCUT2D eigenvalue weighted by Gasteiger charge is 2.26. The third kappa shape index (κ3) is 1.14.